The Balaban J connectivity index is 1.66. The maximum absolute atomic E-state index is 3.42. The van der Waals surface area contributed by atoms with E-state index >= 15 is 0 Å². The lowest BCUT2D eigenvalue weighted by atomic mass is 9.88. The molecule has 98 valence electrons. The summed E-state index contributed by atoms with van der Waals surface area (Å²) >= 11 is 0. The highest BCUT2D eigenvalue weighted by Crippen LogP contribution is 2.24. The summed E-state index contributed by atoms with van der Waals surface area (Å²) in [7, 11) is 0. The molecular formula is C16H24N2. The van der Waals surface area contributed by atoms with E-state index in [1.165, 1.54) is 36.2 Å². The third-order valence-corrected chi connectivity index (χ3v) is 4.73. The van der Waals surface area contributed by atoms with Crippen LogP contribution < -0.4 is 5.32 Å². The molecule has 1 N–H and O–H groups in total. The quantitative estimate of drug-likeness (QED) is 0.860. The molecule has 2 unspecified atom stereocenters. The van der Waals surface area contributed by atoms with E-state index in [1.807, 2.05) is 0 Å². The van der Waals surface area contributed by atoms with Gasteiger partial charge in [-0.1, -0.05) is 32.0 Å². The van der Waals surface area contributed by atoms with Crippen molar-refractivity contribution in [2.24, 2.45) is 11.8 Å². The molecule has 0 radical (unpaired) electrons. The number of hydrogen-bond donors (Lipinski definition) is 1. The molecule has 0 aliphatic carbocycles. The number of fused-ring (bicyclic) bond motifs is 1. The second kappa shape index (κ2) is 5.02. The van der Waals surface area contributed by atoms with Crippen LogP contribution in [0.25, 0.3) is 0 Å². The smallest absolute Gasteiger partial charge is 0.0233 e. The van der Waals surface area contributed by atoms with Crippen LogP contribution in [0, 0.1) is 11.8 Å². The highest BCUT2D eigenvalue weighted by atomic mass is 15.1. The van der Waals surface area contributed by atoms with Gasteiger partial charge in [-0.3, -0.25) is 4.90 Å². The number of benzene rings is 1. The molecule has 2 heteroatoms. The summed E-state index contributed by atoms with van der Waals surface area (Å²) in [6.45, 7) is 10.5. The monoisotopic (exact) mass is 244 g/mol. The normalized spacial score (nSPS) is 28.3. The van der Waals surface area contributed by atoms with Crippen molar-refractivity contribution in [3.63, 3.8) is 0 Å². The fourth-order valence-electron chi connectivity index (χ4n) is 3.20. The van der Waals surface area contributed by atoms with Gasteiger partial charge >= 0.3 is 0 Å². The molecule has 2 aliphatic heterocycles. The highest BCUT2D eigenvalue weighted by Gasteiger charge is 2.22. The van der Waals surface area contributed by atoms with Crippen molar-refractivity contribution < 1.29 is 0 Å². The van der Waals surface area contributed by atoms with Crippen LogP contribution in [0.1, 0.15) is 37.0 Å². The first-order valence-electron chi connectivity index (χ1n) is 7.26. The standard InChI is InChI=1S/C16H24N2/c1-12-5-6-18(10-13(12)2)11-14-3-4-15-8-17-9-16(15)7-14/h3-4,7,12-13,17H,5-6,8-11H2,1-2H3. The highest BCUT2D eigenvalue weighted by molar-refractivity contribution is 5.34. The summed E-state index contributed by atoms with van der Waals surface area (Å²) in [6.07, 6.45) is 1.35. The first-order valence-corrected chi connectivity index (χ1v) is 7.26. The fraction of sp³-hybridized carbons (Fsp3) is 0.625. The van der Waals surface area contributed by atoms with Gasteiger partial charge in [0.25, 0.3) is 0 Å². The molecule has 1 aromatic rings. The van der Waals surface area contributed by atoms with Crippen molar-refractivity contribution in [2.75, 3.05) is 13.1 Å². The van der Waals surface area contributed by atoms with Gasteiger partial charge in [0.15, 0.2) is 0 Å². The Morgan fingerprint density at radius 2 is 2.00 bits per heavy atom. The van der Waals surface area contributed by atoms with Gasteiger partial charge < -0.3 is 5.32 Å². The van der Waals surface area contributed by atoms with E-state index in [2.05, 4.69) is 42.3 Å². The SMILES string of the molecule is CC1CCN(Cc2ccc3c(c2)CNC3)CC1C. The zero-order chi connectivity index (χ0) is 12.5. The maximum Gasteiger partial charge on any atom is 0.0233 e. The Bertz CT molecular complexity index is 427. The van der Waals surface area contributed by atoms with Gasteiger partial charge in [-0.05, 0) is 41.5 Å². The van der Waals surface area contributed by atoms with Gasteiger partial charge in [0.05, 0.1) is 0 Å². The number of nitrogens with one attached hydrogen (secondary N) is 1. The van der Waals surface area contributed by atoms with E-state index in [1.54, 1.807) is 0 Å². The molecule has 0 spiro atoms. The molecule has 1 fully saturated rings. The van der Waals surface area contributed by atoms with E-state index in [4.69, 9.17) is 0 Å². The molecule has 3 rings (SSSR count). The minimum absolute atomic E-state index is 0.842. The molecule has 1 saturated heterocycles. The minimum Gasteiger partial charge on any atom is -0.309 e. The molecule has 0 bridgehead atoms. The Hall–Kier alpha value is -0.860. The van der Waals surface area contributed by atoms with Gasteiger partial charge in [0.2, 0.25) is 0 Å². The van der Waals surface area contributed by atoms with E-state index in [0.717, 1.165) is 31.5 Å². The summed E-state index contributed by atoms with van der Waals surface area (Å²) in [4.78, 5) is 2.62. The predicted molar refractivity (Wildman–Crippen MR) is 75.2 cm³/mol. The summed E-state index contributed by atoms with van der Waals surface area (Å²) in [5, 5.41) is 3.42. The van der Waals surface area contributed by atoms with Crippen LogP contribution in [0.4, 0.5) is 0 Å². The molecule has 0 amide bonds. The predicted octanol–water partition coefficient (Wildman–Crippen LogP) is 2.77. The maximum atomic E-state index is 3.42. The molecule has 0 aromatic heterocycles. The third-order valence-electron chi connectivity index (χ3n) is 4.73. The van der Waals surface area contributed by atoms with Crippen LogP contribution in [0.2, 0.25) is 0 Å². The van der Waals surface area contributed by atoms with E-state index in [0.29, 0.717) is 0 Å². The number of rotatable bonds is 2. The van der Waals surface area contributed by atoms with Gasteiger partial charge in [-0.15, -0.1) is 0 Å². The number of hydrogen-bond acceptors (Lipinski definition) is 2. The molecule has 2 atom stereocenters. The van der Waals surface area contributed by atoms with Crippen molar-refractivity contribution in [2.45, 2.75) is 39.9 Å². The van der Waals surface area contributed by atoms with Crippen molar-refractivity contribution >= 4 is 0 Å². The van der Waals surface area contributed by atoms with E-state index in [9.17, 15) is 0 Å². The second-order valence-electron chi connectivity index (χ2n) is 6.18. The molecule has 2 nitrogen and oxygen atoms in total. The van der Waals surface area contributed by atoms with Crippen molar-refractivity contribution in [1.82, 2.24) is 10.2 Å². The fourth-order valence-corrected chi connectivity index (χ4v) is 3.20. The van der Waals surface area contributed by atoms with Crippen LogP contribution in [0.5, 0.6) is 0 Å². The Morgan fingerprint density at radius 3 is 2.83 bits per heavy atom. The topological polar surface area (TPSA) is 15.3 Å². The Labute approximate surface area is 110 Å². The lowest BCUT2D eigenvalue weighted by molar-refractivity contribution is 0.132. The average molecular weight is 244 g/mol. The largest absolute Gasteiger partial charge is 0.309 e. The molecule has 2 heterocycles. The van der Waals surface area contributed by atoms with Crippen LogP contribution in [0.15, 0.2) is 18.2 Å². The molecular weight excluding hydrogens is 220 g/mol. The lowest BCUT2D eigenvalue weighted by Crippen LogP contribution is -2.37. The van der Waals surface area contributed by atoms with E-state index < -0.39 is 0 Å². The average Bonchev–Trinajstić information content (AvgIpc) is 2.81. The molecule has 0 saturated carbocycles. The van der Waals surface area contributed by atoms with Gasteiger partial charge in [0.1, 0.15) is 0 Å². The zero-order valence-corrected chi connectivity index (χ0v) is 11.6. The molecule has 2 aliphatic rings. The first kappa shape index (κ1) is 12.2. The van der Waals surface area contributed by atoms with Crippen molar-refractivity contribution in [3.05, 3.63) is 34.9 Å². The van der Waals surface area contributed by atoms with Crippen LogP contribution in [0.3, 0.4) is 0 Å². The molecule has 1 aromatic carbocycles. The van der Waals surface area contributed by atoms with Crippen LogP contribution >= 0.6 is 0 Å². The third kappa shape index (κ3) is 2.45. The van der Waals surface area contributed by atoms with Crippen LogP contribution in [-0.2, 0) is 19.6 Å². The summed E-state index contributed by atoms with van der Waals surface area (Å²) in [5.74, 6) is 1.74. The summed E-state index contributed by atoms with van der Waals surface area (Å²) in [5.41, 5.74) is 4.48. The van der Waals surface area contributed by atoms with Gasteiger partial charge in [-0.25, -0.2) is 0 Å². The first-order chi connectivity index (χ1) is 8.72. The number of nitrogens with zero attached hydrogens (tertiary/aromatic N) is 1. The summed E-state index contributed by atoms with van der Waals surface area (Å²) in [6, 6.07) is 7.02. The van der Waals surface area contributed by atoms with E-state index in [-0.39, 0.29) is 0 Å². The van der Waals surface area contributed by atoms with Crippen molar-refractivity contribution in [1.29, 1.82) is 0 Å². The Kier molecular flexibility index (Phi) is 3.40. The Morgan fingerprint density at radius 1 is 1.17 bits per heavy atom. The second-order valence-corrected chi connectivity index (χ2v) is 6.18. The van der Waals surface area contributed by atoms with Crippen LogP contribution in [-0.4, -0.2) is 18.0 Å². The molecule has 18 heavy (non-hydrogen) atoms. The number of likely N-dealkylation sites (tertiary alicyclic amines) is 1. The number of piperidine rings is 1. The van der Waals surface area contributed by atoms with Gasteiger partial charge in [-0.2, -0.15) is 0 Å². The lowest BCUT2D eigenvalue weighted by Gasteiger charge is -2.35. The zero-order valence-electron chi connectivity index (χ0n) is 11.6. The summed E-state index contributed by atoms with van der Waals surface area (Å²) < 4.78 is 0. The minimum atomic E-state index is 0.842. The van der Waals surface area contributed by atoms with Crippen molar-refractivity contribution in [3.8, 4) is 0 Å². The van der Waals surface area contributed by atoms with Gasteiger partial charge in [0, 0.05) is 26.2 Å².